The van der Waals surface area contributed by atoms with Crippen LogP contribution in [0.2, 0.25) is 5.02 Å². The molecule has 1 fully saturated rings. The van der Waals surface area contributed by atoms with Gasteiger partial charge in [-0.1, -0.05) is 54.1 Å². The van der Waals surface area contributed by atoms with Gasteiger partial charge in [-0.3, -0.25) is 4.79 Å². The molecule has 0 aromatic heterocycles. The summed E-state index contributed by atoms with van der Waals surface area (Å²) in [4.78, 5) is 15.5. The van der Waals surface area contributed by atoms with E-state index < -0.39 is 17.7 Å². The first-order valence-corrected chi connectivity index (χ1v) is 11.8. The van der Waals surface area contributed by atoms with Gasteiger partial charge in [-0.05, 0) is 61.8 Å². The van der Waals surface area contributed by atoms with E-state index in [1.54, 1.807) is 65.6 Å². The molecule has 0 radical (unpaired) electrons. The molecule has 4 rings (SSSR count). The highest BCUT2D eigenvalue weighted by Gasteiger charge is 2.33. The van der Waals surface area contributed by atoms with Gasteiger partial charge in [0.15, 0.2) is 11.6 Å². The number of carbonyl (C=O) groups excluding carboxylic acids is 1. The molecule has 178 valence electrons. The van der Waals surface area contributed by atoms with Crippen LogP contribution in [0.4, 0.5) is 8.78 Å². The summed E-state index contributed by atoms with van der Waals surface area (Å²) in [5, 5.41) is 3.83. The fraction of sp³-hybridized carbons (Fsp3) is 0.296. The summed E-state index contributed by atoms with van der Waals surface area (Å²) in [5.41, 5.74) is 1.13. The minimum atomic E-state index is -0.676. The van der Waals surface area contributed by atoms with Gasteiger partial charge < -0.3 is 15.0 Å². The Labute approximate surface area is 203 Å². The number of nitrogens with one attached hydrogen (secondary N) is 1. The van der Waals surface area contributed by atoms with Gasteiger partial charge in [0.2, 0.25) is 5.91 Å². The first-order chi connectivity index (χ1) is 16.5. The lowest BCUT2D eigenvalue weighted by Gasteiger charge is -2.36. The van der Waals surface area contributed by atoms with Crippen molar-refractivity contribution in [2.24, 2.45) is 5.92 Å². The van der Waals surface area contributed by atoms with E-state index in [9.17, 15) is 9.18 Å². The van der Waals surface area contributed by atoms with Crippen molar-refractivity contribution in [2.75, 3.05) is 26.2 Å². The van der Waals surface area contributed by atoms with Gasteiger partial charge in [-0.25, -0.2) is 8.78 Å². The average Bonchev–Trinajstić information content (AvgIpc) is 2.86. The molecule has 0 unspecified atom stereocenters. The van der Waals surface area contributed by atoms with Gasteiger partial charge in [-0.15, -0.1) is 0 Å². The smallest absolute Gasteiger partial charge is 0.226 e. The van der Waals surface area contributed by atoms with Crippen LogP contribution < -0.4 is 10.1 Å². The van der Waals surface area contributed by atoms with Crippen molar-refractivity contribution >= 4 is 17.5 Å². The molecule has 1 heterocycles. The first-order valence-electron chi connectivity index (χ1n) is 11.4. The number of halogens is 3. The van der Waals surface area contributed by atoms with E-state index in [-0.39, 0.29) is 30.7 Å². The molecule has 1 N–H and O–H groups in total. The maximum absolute atomic E-state index is 15.1. The van der Waals surface area contributed by atoms with Gasteiger partial charge in [0.1, 0.15) is 12.4 Å². The summed E-state index contributed by atoms with van der Waals surface area (Å²) in [5.74, 6) is -1.01. The fourth-order valence-corrected chi connectivity index (χ4v) is 4.48. The van der Waals surface area contributed by atoms with Crippen LogP contribution in [-0.2, 0) is 4.79 Å². The summed E-state index contributed by atoms with van der Waals surface area (Å²) in [6.45, 7) is 1.73. The molecule has 1 atom stereocenters. The van der Waals surface area contributed by atoms with Crippen LogP contribution >= 0.6 is 11.6 Å². The number of piperidine rings is 1. The minimum Gasteiger partial charge on any atom is -0.489 e. The third-order valence-corrected chi connectivity index (χ3v) is 6.35. The van der Waals surface area contributed by atoms with Gasteiger partial charge in [0.05, 0.1) is 12.6 Å². The van der Waals surface area contributed by atoms with Crippen molar-refractivity contribution in [1.82, 2.24) is 10.2 Å². The predicted molar refractivity (Wildman–Crippen MR) is 129 cm³/mol. The van der Waals surface area contributed by atoms with Crippen LogP contribution in [0.25, 0.3) is 0 Å². The van der Waals surface area contributed by atoms with E-state index in [1.807, 2.05) is 0 Å². The second-order valence-corrected chi connectivity index (χ2v) is 8.75. The Hall–Kier alpha value is -2.96. The number of benzene rings is 3. The van der Waals surface area contributed by atoms with Gasteiger partial charge in [0.25, 0.3) is 0 Å². The largest absolute Gasteiger partial charge is 0.489 e. The van der Waals surface area contributed by atoms with E-state index in [0.717, 1.165) is 18.7 Å². The Morgan fingerprint density at radius 1 is 0.971 bits per heavy atom. The highest BCUT2D eigenvalue weighted by molar-refractivity contribution is 6.30. The molecular weight excluding hydrogens is 458 g/mol. The zero-order valence-corrected chi connectivity index (χ0v) is 19.5. The summed E-state index contributed by atoms with van der Waals surface area (Å²) in [6.07, 6.45) is 1.40. The van der Waals surface area contributed by atoms with Crippen LogP contribution in [0.3, 0.4) is 0 Å². The molecule has 0 saturated carbocycles. The monoisotopic (exact) mass is 484 g/mol. The van der Waals surface area contributed by atoms with E-state index in [0.29, 0.717) is 23.4 Å². The Kier molecular flexibility index (Phi) is 8.14. The lowest BCUT2D eigenvalue weighted by molar-refractivity contribution is -0.138. The number of rotatable bonds is 8. The molecule has 1 aliphatic rings. The Balaban J connectivity index is 1.69. The number of nitrogens with zero attached hydrogens (tertiary/aromatic N) is 1. The number of carbonyl (C=O) groups is 1. The number of hydrogen-bond donors (Lipinski definition) is 1. The molecule has 1 aliphatic heterocycles. The molecule has 4 nitrogen and oxygen atoms in total. The molecular formula is C27H27ClF2N2O2. The molecule has 0 spiro atoms. The topological polar surface area (TPSA) is 41.6 Å². The fourth-order valence-electron chi connectivity index (χ4n) is 4.35. The predicted octanol–water partition coefficient (Wildman–Crippen LogP) is 5.61. The van der Waals surface area contributed by atoms with Crippen LogP contribution in [-0.4, -0.2) is 37.0 Å². The van der Waals surface area contributed by atoms with Crippen LogP contribution in [0.1, 0.15) is 30.0 Å². The summed E-state index contributed by atoms with van der Waals surface area (Å²) >= 11 is 6.11. The molecule has 1 amide bonds. The zero-order valence-electron chi connectivity index (χ0n) is 18.7. The van der Waals surface area contributed by atoms with E-state index in [1.165, 1.54) is 12.1 Å². The van der Waals surface area contributed by atoms with Gasteiger partial charge in [-0.2, -0.15) is 0 Å². The molecule has 34 heavy (non-hydrogen) atoms. The van der Waals surface area contributed by atoms with Crippen molar-refractivity contribution in [3.63, 3.8) is 0 Å². The van der Waals surface area contributed by atoms with Crippen molar-refractivity contribution in [3.8, 4) is 5.75 Å². The second-order valence-electron chi connectivity index (χ2n) is 8.31. The minimum absolute atomic E-state index is 0.0657. The molecule has 3 aromatic rings. The quantitative estimate of drug-likeness (QED) is 0.451. The third kappa shape index (κ3) is 5.75. The van der Waals surface area contributed by atoms with E-state index in [4.69, 9.17) is 16.3 Å². The maximum Gasteiger partial charge on any atom is 0.226 e. The number of amides is 1. The van der Waals surface area contributed by atoms with E-state index >= 15 is 4.39 Å². The van der Waals surface area contributed by atoms with Gasteiger partial charge >= 0.3 is 0 Å². The highest BCUT2D eigenvalue weighted by Crippen LogP contribution is 2.33. The zero-order chi connectivity index (χ0) is 23.9. The highest BCUT2D eigenvalue weighted by atomic mass is 35.5. The Bertz CT molecular complexity index is 1100. The van der Waals surface area contributed by atoms with Crippen molar-refractivity contribution in [2.45, 2.75) is 18.9 Å². The average molecular weight is 485 g/mol. The van der Waals surface area contributed by atoms with Crippen LogP contribution in [0, 0.1) is 17.6 Å². The number of para-hydroxylation sites is 1. The second kappa shape index (κ2) is 11.4. The summed E-state index contributed by atoms with van der Waals surface area (Å²) in [6, 6.07) is 19.0. The first kappa shape index (κ1) is 24.2. The normalized spacial score (nSPS) is 15.0. The Morgan fingerprint density at radius 2 is 1.62 bits per heavy atom. The summed E-state index contributed by atoms with van der Waals surface area (Å²) < 4.78 is 34.8. The molecule has 0 aliphatic carbocycles. The standard InChI is InChI=1S/C27H27ClF2N2O2/c28-21-11-9-19(10-12-21)26(22-5-1-2-6-23(22)29)32(27(33)20-13-15-31-16-14-20)17-18-34-25-8-4-3-7-24(25)30/h1-12,20,26,31H,13-18H2/t26-/m1/s1. The molecule has 1 saturated heterocycles. The summed E-state index contributed by atoms with van der Waals surface area (Å²) in [7, 11) is 0. The maximum atomic E-state index is 15.1. The number of ether oxygens (including phenoxy) is 1. The van der Waals surface area contributed by atoms with Crippen molar-refractivity contribution in [1.29, 1.82) is 0 Å². The third-order valence-electron chi connectivity index (χ3n) is 6.10. The number of hydrogen-bond acceptors (Lipinski definition) is 3. The van der Waals surface area contributed by atoms with E-state index in [2.05, 4.69) is 5.32 Å². The van der Waals surface area contributed by atoms with Crippen LogP contribution in [0.5, 0.6) is 5.75 Å². The van der Waals surface area contributed by atoms with Crippen molar-refractivity contribution in [3.05, 3.63) is 101 Å². The van der Waals surface area contributed by atoms with Crippen molar-refractivity contribution < 1.29 is 18.3 Å². The van der Waals surface area contributed by atoms with Crippen LogP contribution in [0.15, 0.2) is 72.8 Å². The SMILES string of the molecule is O=C(C1CCNCC1)N(CCOc1ccccc1F)[C@H](c1ccc(Cl)cc1)c1ccccc1F. The molecule has 0 bridgehead atoms. The van der Waals surface area contributed by atoms with Gasteiger partial charge in [0, 0.05) is 16.5 Å². The molecule has 3 aromatic carbocycles. The Morgan fingerprint density at radius 3 is 2.29 bits per heavy atom. The molecule has 7 heteroatoms. The lowest BCUT2D eigenvalue weighted by Crippen LogP contribution is -2.45. The lowest BCUT2D eigenvalue weighted by atomic mass is 9.92.